The van der Waals surface area contributed by atoms with Gasteiger partial charge in [-0.2, -0.15) is 0 Å². The fraction of sp³-hybridized carbons (Fsp3) is 0.500. The lowest BCUT2D eigenvalue weighted by Gasteiger charge is -2.16. The molecule has 0 aliphatic rings. The summed E-state index contributed by atoms with van der Waals surface area (Å²) in [6.07, 6.45) is 1.61. The third-order valence-corrected chi connectivity index (χ3v) is 3.03. The largest absolute Gasteiger partial charge is 0.387 e. The Bertz CT molecular complexity index is 301. The molecule has 0 spiro atoms. The molecule has 0 bridgehead atoms. The summed E-state index contributed by atoms with van der Waals surface area (Å²) >= 11 is 1.67. The number of rotatable bonds is 5. The molecule has 84 valence electrons. The van der Waals surface area contributed by atoms with Gasteiger partial charge in [0.2, 0.25) is 0 Å². The van der Waals surface area contributed by atoms with Crippen LogP contribution in [0.5, 0.6) is 0 Å². The minimum absolute atomic E-state index is 0.404. The first kappa shape index (κ1) is 12.6. The van der Waals surface area contributed by atoms with Gasteiger partial charge >= 0.3 is 0 Å². The second-order valence-corrected chi connectivity index (χ2v) is 4.67. The standard InChI is InChI=1S/C12H19NOS/c1-9(2)13-8-11(14)10-6-4-5-7-12(10)15-3/h4-7,9,11,13-14H,8H2,1-3H3. The van der Waals surface area contributed by atoms with Crippen LogP contribution in [0.2, 0.25) is 0 Å². The molecule has 2 nitrogen and oxygen atoms in total. The molecular formula is C12H19NOS. The van der Waals surface area contributed by atoms with Crippen molar-refractivity contribution in [1.82, 2.24) is 5.32 Å². The molecular weight excluding hydrogens is 206 g/mol. The molecule has 1 unspecified atom stereocenters. The fourth-order valence-corrected chi connectivity index (χ4v) is 2.05. The Kier molecular flexibility index (Phi) is 5.15. The van der Waals surface area contributed by atoms with E-state index in [-0.39, 0.29) is 0 Å². The van der Waals surface area contributed by atoms with Gasteiger partial charge in [-0.05, 0) is 17.9 Å². The van der Waals surface area contributed by atoms with Crippen molar-refractivity contribution >= 4 is 11.8 Å². The zero-order valence-electron chi connectivity index (χ0n) is 9.53. The topological polar surface area (TPSA) is 32.3 Å². The van der Waals surface area contributed by atoms with Crippen LogP contribution in [0.3, 0.4) is 0 Å². The van der Waals surface area contributed by atoms with Gasteiger partial charge in [0, 0.05) is 17.5 Å². The van der Waals surface area contributed by atoms with Crippen LogP contribution < -0.4 is 5.32 Å². The van der Waals surface area contributed by atoms with Crippen LogP contribution in [0.4, 0.5) is 0 Å². The van der Waals surface area contributed by atoms with Crippen LogP contribution in [-0.4, -0.2) is 23.9 Å². The lowest BCUT2D eigenvalue weighted by Crippen LogP contribution is -2.28. The van der Waals surface area contributed by atoms with Crippen LogP contribution >= 0.6 is 11.8 Å². The molecule has 0 radical (unpaired) electrons. The van der Waals surface area contributed by atoms with Crippen molar-refractivity contribution in [2.75, 3.05) is 12.8 Å². The van der Waals surface area contributed by atoms with E-state index in [1.165, 1.54) is 0 Å². The van der Waals surface area contributed by atoms with Gasteiger partial charge in [-0.3, -0.25) is 0 Å². The van der Waals surface area contributed by atoms with Gasteiger partial charge in [-0.25, -0.2) is 0 Å². The Morgan fingerprint density at radius 2 is 2.00 bits per heavy atom. The Labute approximate surface area is 96.1 Å². The summed E-state index contributed by atoms with van der Waals surface area (Å²) in [5, 5.41) is 13.2. The van der Waals surface area contributed by atoms with Crippen LogP contribution in [0.25, 0.3) is 0 Å². The minimum Gasteiger partial charge on any atom is -0.387 e. The summed E-state index contributed by atoms with van der Waals surface area (Å²) in [4.78, 5) is 1.15. The Morgan fingerprint density at radius 3 is 2.60 bits per heavy atom. The third-order valence-electron chi connectivity index (χ3n) is 2.22. The Hall–Kier alpha value is -0.510. The van der Waals surface area contributed by atoms with E-state index in [4.69, 9.17) is 0 Å². The van der Waals surface area contributed by atoms with Crippen LogP contribution in [0.15, 0.2) is 29.2 Å². The van der Waals surface area contributed by atoms with Crippen LogP contribution in [0.1, 0.15) is 25.5 Å². The number of benzene rings is 1. The fourth-order valence-electron chi connectivity index (χ4n) is 1.40. The minimum atomic E-state index is -0.420. The Morgan fingerprint density at radius 1 is 1.33 bits per heavy atom. The summed E-state index contributed by atoms with van der Waals surface area (Å²) < 4.78 is 0. The summed E-state index contributed by atoms with van der Waals surface area (Å²) in [6.45, 7) is 4.76. The van der Waals surface area contributed by atoms with Gasteiger partial charge < -0.3 is 10.4 Å². The maximum absolute atomic E-state index is 10.0. The number of aliphatic hydroxyl groups excluding tert-OH is 1. The molecule has 0 amide bonds. The molecule has 0 heterocycles. The van der Waals surface area contributed by atoms with E-state index in [1.54, 1.807) is 11.8 Å². The third kappa shape index (κ3) is 3.86. The second kappa shape index (κ2) is 6.16. The van der Waals surface area contributed by atoms with Crippen molar-refractivity contribution in [3.05, 3.63) is 29.8 Å². The average molecular weight is 225 g/mol. The molecule has 1 atom stereocenters. The highest BCUT2D eigenvalue weighted by atomic mass is 32.2. The molecule has 0 aliphatic heterocycles. The predicted octanol–water partition coefficient (Wildman–Crippen LogP) is 2.44. The monoisotopic (exact) mass is 225 g/mol. The maximum Gasteiger partial charge on any atom is 0.0925 e. The number of thioether (sulfide) groups is 1. The molecule has 15 heavy (non-hydrogen) atoms. The highest BCUT2D eigenvalue weighted by Gasteiger charge is 2.11. The number of aliphatic hydroxyl groups is 1. The summed E-state index contributed by atoms with van der Waals surface area (Å²) in [7, 11) is 0. The van der Waals surface area contributed by atoms with Crippen molar-refractivity contribution in [1.29, 1.82) is 0 Å². The average Bonchev–Trinajstić information content (AvgIpc) is 2.25. The van der Waals surface area contributed by atoms with Gasteiger partial charge in [0.1, 0.15) is 0 Å². The van der Waals surface area contributed by atoms with E-state index in [1.807, 2.05) is 30.5 Å². The molecule has 0 fully saturated rings. The van der Waals surface area contributed by atoms with E-state index in [2.05, 4.69) is 19.2 Å². The second-order valence-electron chi connectivity index (χ2n) is 3.82. The first-order valence-electron chi connectivity index (χ1n) is 5.19. The highest BCUT2D eigenvalue weighted by Crippen LogP contribution is 2.25. The first-order chi connectivity index (χ1) is 7.15. The molecule has 0 saturated carbocycles. The van der Waals surface area contributed by atoms with Crippen molar-refractivity contribution < 1.29 is 5.11 Å². The smallest absolute Gasteiger partial charge is 0.0925 e. The van der Waals surface area contributed by atoms with Crippen molar-refractivity contribution in [3.63, 3.8) is 0 Å². The molecule has 3 heteroatoms. The maximum atomic E-state index is 10.0. The van der Waals surface area contributed by atoms with Gasteiger partial charge in [0.05, 0.1) is 6.10 Å². The summed E-state index contributed by atoms with van der Waals surface area (Å²) in [5.41, 5.74) is 1.01. The lowest BCUT2D eigenvalue weighted by molar-refractivity contribution is 0.169. The van der Waals surface area contributed by atoms with E-state index in [9.17, 15) is 5.11 Å². The van der Waals surface area contributed by atoms with Crippen LogP contribution in [-0.2, 0) is 0 Å². The van der Waals surface area contributed by atoms with E-state index < -0.39 is 6.10 Å². The summed E-state index contributed by atoms with van der Waals surface area (Å²) in [5.74, 6) is 0. The van der Waals surface area contributed by atoms with Gasteiger partial charge in [-0.15, -0.1) is 11.8 Å². The summed E-state index contributed by atoms with van der Waals surface area (Å²) in [6, 6.07) is 8.39. The predicted molar refractivity (Wildman–Crippen MR) is 66.3 cm³/mol. The quantitative estimate of drug-likeness (QED) is 0.755. The lowest BCUT2D eigenvalue weighted by atomic mass is 10.1. The highest BCUT2D eigenvalue weighted by molar-refractivity contribution is 7.98. The molecule has 0 aliphatic carbocycles. The zero-order valence-corrected chi connectivity index (χ0v) is 10.3. The first-order valence-corrected chi connectivity index (χ1v) is 6.42. The van der Waals surface area contributed by atoms with Crippen molar-refractivity contribution in [2.45, 2.75) is 30.9 Å². The van der Waals surface area contributed by atoms with E-state index in [0.29, 0.717) is 12.6 Å². The van der Waals surface area contributed by atoms with E-state index >= 15 is 0 Å². The van der Waals surface area contributed by atoms with Crippen molar-refractivity contribution in [2.24, 2.45) is 0 Å². The van der Waals surface area contributed by atoms with Gasteiger partial charge in [0.25, 0.3) is 0 Å². The number of hydrogen-bond donors (Lipinski definition) is 2. The molecule has 1 aromatic rings. The van der Waals surface area contributed by atoms with Crippen LogP contribution in [0, 0.1) is 0 Å². The molecule has 1 rings (SSSR count). The number of hydrogen-bond acceptors (Lipinski definition) is 3. The number of nitrogens with one attached hydrogen (secondary N) is 1. The Balaban J connectivity index is 2.68. The van der Waals surface area contributed by atoms with Gasteiger partial charge in [-0.1, -0.05) is 32.0 Å². The molecule has 0 aromatic heterocycles. The van der Waals surface area contributed by atoms with Crippen molar-refractivity contribution in [3.8, 4) is 0 Å². The SMILES string of the molecule is CSc1ccccc1C(O)CNC(C)C. The zero-order chi connectivity index (χ0) is 11.3. The molecule has 0 saturated heterocycles. The molecule has 2 N–H and O–H groups in total. The van der Waals surface area contributed by atoms with Gasteiger partial charge in [0.15, 0.2) is 0 Å². The molecule has 1 aromatic carbocycles. The van der Waals surface area contributed by atoms with E-state index in [0.717, 1.165) is 10.5 Å². The normalized spacial score (nSPS) is 13.1.